The van der Waals surface area contributed by atoms with E-state index < -0.39 is 0 Å². The van der Waals surface area contributed by atoms with Crippen LogP contribution in [0.3, 0.4) is 0 Å². The minimum absolute atomic E-state index is 0.619. The van der Waals surface area contributed by atoms with Gasteiger partial charge in [0.1, 0.15) is 17.9 Å². The molecule has 0 atom stereocenters. The van der Waals surface area contributed by atoms with E-state index in [1.807, 2.05) is 24.3 Å². The summed E-state index contributed by atoms with van der Waals surface area (Å²) in [5.74, 6) is 2.41. The second-order valence-electron chi connectivity index (χ2n) is 4.13. The molecule has 0 spiro atoms. The summed E-state index contributed by atoms with van der Waals surface area (Å²) in [6.07, 6.45) is 1.49. The van der Waals surface area contributed by atoms with E-state index in [2.05, 4.69) is 20.5 Å². The molecule has 0 saturated carbocycles. The van der Waals surface area contributed by atoms with Gasteiger partial charge in [-0.05, 0) is 12.1 Å². The van der Waals surface area contributed by atoms with Crippen LogP contribution in [0, 0.1) is 0 Å². The number of aromatic amines is 1. The van der Waals surface area contributed by atoms with E-state index in [1.165, 1.54) is 6.33 Å². The predicted octanol–water partition coefficient (Wildman–Crippen LogP) is 1.85. The molecule has 2 aromatic heterocycles. The number of benzene rings is 1. The van der Waals surface area contributed by atoms with Gasteiger partial charge < -0.3 is 14.5 Å². The molecule has 3 rings (SSSR count). The van der Waals surface area contributed by atoms with Crippen LogP contribution in [-0.4, -0.2) is 22.3 Å². The Kier molecular flexibility index (Phi) is 3.16. The predicted molar refractivity (Wildman–Crippen MR) is 69.7 cm³/mol. The maximum Gasteiger partial charge on any atom is 0.176 e. The van der Waals surface area contributed by atoms with Crippen molar-refractivity contribution in [1.29, 1.82) is 0 Å². The molecule has 0 amide bonds. The van der Waals surface area contributed by atoms with Crippen LogP contribution in [0.5, 0.6) is 5.75 Å². The van der Waals surface area contributed by atoms with Crippen LogP contribution in [0.1, 0.15) is 11.6 Å². The number of furan rings is 1. The van der Waals surface area contributed by atoms with Crippen molar-refractivity contribution in [2.45, 2.75) is 13.1 Å². The summed E-state index contributed by atoms with van der Waals surface area (Å²) in [6.45, 7) is 1.24. The molecule has 2 N–H and O–H groups in total. The van der Waals surface area contributed by atoms with E-state index in [-0.39, 0.29) is 0 Å². The lowest BCUT2D eigenvalue weighted by Crippen LogP contribution is -2.13. The van der Waals surface area contributed by atoms with Crippen molar-refractivity contribution < 1.29 is 9.15 Å². The van der Waals surface area contributed by atoms with Gasteiger partial charge in [-0.2, -0.15) is 5.10 Å². The van der Waals surface area contributed by atoms with E-state index >= 15 is 0 Å². The second-order valence-corrected chi connectivity index (χ2v) is 4.13. The van der Waals surface area contributed by atoms with Gasteiger partial charge in [-0.3, -0.25) is 5.10 Å². The number of ether oxygens (including phenoxy) is 1. The summed E-state index contributed by atoms with van der Waals surface area (Å²) in [4.78, 5) is 4.04. The molecular formula is C13H14N4O2. The molecule has 2 heterocycles. The Bertz CT molecular complexity index is 660. The highest BCUT2D eigenvalue weighted by Gasteiger charge is 2.08. The number of rotatable bonds is 5. The number of fused-ring (bicyclic) bond motifs is 1. The third kappa shape index (κ3) is 2.43. The Labute approximate surface area is 109 Å². The van der Waals surface area contributed by atoms with Gasteiger partial charge in [0.2, 0.25) is 0 Å². The molecule has 1 aromatic carbocycles. The van der Waals surface area contributed by atoms with Crippen molar-refractivity contribution in [1.82, 2.24) is 20.5 Å². The molecule has 6 nitrogen and oxygen atoms in total. The molecule has 0 aliphatic carbocycles. The summed E-state index contributed by atoms with van der Waals surface area (Å²) in [6, 6.07) is 7.84. The highest BCUT2D eigenvalue weighted by molar-refractivity contribution is 5.83. The zero-order valence-electron chi connectivity index (χ0n) is 10.5. The van der Waals surface area contributed by atoms with Crippen LogP contribution < -0.4 is 10.1 Å². The van der Waals surface area contributed by atoms with E-state index in [4.69, 9.17) is 9.15 Å². The number of aromatic nitrogens is 3. The minimum atomic E-state index is 0.619. The first kappa shape index (κ1) is 11.7. The molecule has 98 valence electrons. The first-order valence-corrected chi connectivity index (χ1v) is 5.97. The quantitative estimate of drug-likeness (QED) is 0.730. The molecular weight excluding hydrogens is 244 g/mol. The number of hydrogen-bond donors (Lipinski definition) is 2. The zero-order valence-corrected chi connectivity index (χ0v) is 10.5. The maximum atomic E-state index is 5.78. The first-order valence-electron chi connectivity index (χ1n) is 5.97. The first-order chi connectivity index (χ1) is 9.36. The fourth-order valence-corrected chi connectivity index (χ4v) is 1.96. The SMILES string of the molecule is COc1cccc2cc(CNCc3ncn[nH]3)oc12. The fraction of sp³-hybridized carbons (Fsp3) is 0.231. The largest absolute Gasteiger partial charge is 0.493 e. The molecule has 0 saturated heterocycles. The fourth-order valence-electron chi connectivity index (χ4n) is 1.96. The van der Waals surface area contributed by atoms with Crippen LogP contribution in [0.4, 0.5) is 0 Å². The molecule has 0 unspecified atom stereocenters. The van der Waals surface area contributed by atoms with Crippen molar-refractivity contribution >= 4 is 11.0 Å². The number of methoxy groups -OCH3 is 1. The van der Waals surface area contributed by atoms with Crippen molar-refractivity contribution in [3.8, 4) is 5.75 Å². The van der Waals surface area contributed by atoms with Crippen LogP contribution in [-0.2, 0) is 13.1 Å². The number of para-hydroxylation sites is 1. The molecule has 19 heavy (non-hydrogen) atoms. The number of nitrogens with one attached hydrogen (secondary N) is 2. The van der Waals surface area contributed by atoms with Crippen LogP contribution >= 0.6 is 0 Å². The lowest BCUT2D eigenvalue weighted by molar-refractivity contribution is 0.406. The topological polar surface area (TPSA) is 76.0 Å². The van der Waals surface area contributed by atoms with Gasteiger partial charge in [0.15, 0.2) is 11.3 Å². The minimum Gasteiger partial charge on any atom is -0.493 e. The van der Waals surface area contributed by atoms with Gasteiger partial charge in [0.25, 0.3) is 0 Å². The monoisotopic (exact) mass is 258 g/mol. The molecule has 0 aliphatic rings. The normalized spacial score (nSPS) is 11.0. The Morgan fingerprint density at radius 2 is 2.32 bits per heavy atom. The van der Waals surface area contributed by atoms with Gasteiger partial charge in [0.05, 0.1) is 20.2 Å². The van der Waals surface area contributed by atoms with Gasteiger partial charge in [-0.15, -0.1) is 0 Å². The molecule has 0 bridgehead atoms. The summed E-state index contributed by atoms with van der Waals surface area (Å²) in [7, 11) is 1.64. The molecule has 0 fully saturated rings. The van der Waals surface area contributed by atoms with Gasteiger partial charge in [-0.1, -0.05) is 12.1 Å². The van der Waals surface area contributed by atoms with E-state index in [1.54, 1.807) is 7.11 Å². The zero-order chi connectivity index (χ0) is 13.1. The van der Waals surface area contributed by atoms with Crippen molar-refractivity contribution in [3.05, 3.63) is 42.2 Å². The second kappa shape index (κ2) is 5.11. The molecule has 3 aromatic rings. The number of nitrogens with zero attached hydrogens (tertiary/aromatic N) is 2. The molecule has 0 radical (unpaired) electrons. The lowest BCUT2D eigenvalue weighted by Gasteiger charge is -2.00. The Hall–Kier alpha value is -2.34. The highest BCUT2D eigenvalue weighted by atomic mass is 16.5. The van der Waals surface area contributed by atoms with Gasteiger partial charge in [-0.25, -0.2) is 4.98 Å². The van der Waals surface area contributed by atoms with Crippen LogP contribution in [0.2, 0.25) is 0 Å². The average Bonchev–Trinajstić information content (AvgIpc) is 3.06. The van der Waals surface area contributed by atoms with Crippen LogP contribution in [0.15, 0.2) is 35.0 Å². The molecule has 6 heteroatoms. The summed E-state index contributed by atoms with van der Waals surface area (Å²) in [5.41, 5.74) is 0.779. The Morgan fingerprint density at radius 1 is 1.37 bits per heavy atom. The van der Waals surface area contributed by atoms with E-state index in [0.717, 1.165) is 28.3 Å². The highest BCUT2D eigenvalue weighted by Crippen LogP contribution is 2.28. The standard InChI is InChI=1S/C13H14N4O2/c1-18-11-4-2-3-9-5-10(19-13(9)11)6-14-7-12-15-8-16-17-12/h2-5,8,14H,6-7H2,1H3,(H,15,16,17). The van der Waals surface area contributed by atoms with Crippen molar-refractivity contribution in [2.75, 3.05) is 7.11 Å². The third-order valence-electron chi connectivity index (χ3n) is 2.84. The van der Waals surface area contributed by atoms with E-state index in [0.29, 0.717) is 13.1 Å². The van der Waals surface area contributed by atoms with E-state index in [9.17, 15) is 0 Å². The molecule has 0 aliphatic heterocycles. The third-order valence-corrected chi connectivity index (χ3v) is 2.84. The maximum absolute atomic E-state index is 5.78. The van der Waals surface area contributed by atoms with Gasteiger partial charge in [0, 0.05) is 5.39 Å². The average molecular weight is 258 g/mol. The van der Waals surface area contributed by atoms with Crippen molar-refractivity contribution in [3.63, 3.8) is 0 Å². The lowest BCUT2D eigenvalue weighted by atomic mass is 10.2. The van der Waals surface area contributed by atoms with Gasteiger partial charge >= 0.3 is 0 Å². The van der Waals surface area contributed by atoms with Crippen LogP contribution in [0.25, 0.3) is 11.0 Å². The summed E-state index contributed by atoms with van der Waals surface area (Å²) >= 11 is 0. The number of H-pyrrole nitrogens is 1. The summed E-state index contributed by atoms with van der Waals surface area (Å²) < 4.78 is 11.0. The Balaban J connectivity index is 1.71. The summed E-state index contributed by atoms with van der Waals surface area (Å²) in [5, 5.41) is 10.9. The smallest absolute Gasteiger partial charge is 0.176 e. The number of hydrogen-bond acceptors (Lipinski definition) is 5. The Morgan fingerprint density at radius 3 is 3.11 bits per heavy atom. The van der Waals surface area contributed by atoms with Crippen molar-refractivity contribution in [2.24, 2.45) is 0 Å².